The summed E-state index contributed by atoms with van der Waals surface area (Å²) in [7, 11) is 4.12. The zero-order valence-corrected chi connectivity index (χ0v) is 15.1. The highest BCUT2D eigenvalue weighted by atomic mass is 16.2. The van der Waals surface area contributed by atoms with Crippen molar-refractivity contribution >= 4 is 16.8 Å². The third-order valence-corrected chi connectivity index (χ3v) is 5.11. The topological polar surface area (TPSA) is 71.3 Å². The minimum atomic E-state index is -0.197. The van der Waals surface area contributed by atoms with Crippen molar-refractivity contribution in [1.82, 2.24) is 24.8 Å². The molecule has 0 bridgehead atoms. The Morgan fingerprint density at radius 1 is 1.28 bits per heavy atom. The zero-order chi connectivity index (χ0) is 18.0. The van der Waals surface area contributed by atoms with E-state index in [0.29, 0.717) is 22.9 Å². The normalized spacial score (nSPS) is 20.6. The van der Waals surface area contributed by atoms with Gasteiger partial charge in [0.15, 0.2) is 0 Å². The van der Waals surface area contributed by atoms with Gasteiger partial charge >= 0.3 is 0 Å². The van der Waals surface area contributed by atoms with E-state index in [1.807, 2.05) is 11.0 Å². The van der Waals surface area contributed by atoms with Gasteiger partial charge in [-0.15, -0.1) is 5.10 Å². The highest BCUT2D eigenvalue weighted by Crippen LogP contribution is 2.23. The van der Waals surface area contributed by atoms with Crippen LogP contribution in [0.15, 0.2) is 29.1 Å². The first-order valence-corrected chi connectivity index (χ1v) is 8.78. The lowest BCUT2D eigenvalue weighted by Crippen LogP contribution is -2.36. The Morgan fingerprint density at radius 3 is 2.72 bits per heavy atom. The van der Waals surface area contributed by atoms with E-state index in [1.54, 1.807) is 18.2 Å². The molecule has 7 nitrogen and oxygen atoms in total. The van der Waals surface area contributed by atoms with Gasteiger partial charge in [0, 0.05) is 25.6 Å². The van der Waals surface area contributed by atoms with Crippen LogP contribution in [0.5, 0.6) is 0 Å². The molecule has 0 spiro atoms. The Hall–Kier alpha value is -2.28. The fraction of sp³-hybridized carbons (Fsp3) is 0.556. The summed E-state index contributed by atoms with van der Waals surface area (Å²) >= 11 is 0. The van der Waals surface area contributed by atoms with E-state index in [-0.39, 0.29) is 24.4 Å². The Morgan fingerprint density at radius 2 is 2.04 bits per heavy atom. The monoisotopic (exact) mass is 343 g/mol. The highest BCUT2D eigenvalue weighted by Gasteiger charge is 2.34. The van der Waals surface area contributed by atoms with E-state index in [4.69, 9.17) is 0 Å². The van der Waals surface area contributed by atoms with Gasteiger partial charge in [-0.05, 0) is 32.1 Å². The summed E-state index contributed by atoms with van der Waals surface area (Å²) in [6, 6.07) is 7.52. The van der Waals surface area contributed by atoms with Crippen molar-refractivity contribution < 1.29 is 4.79 Å². The van der Waals surface area contributed by atoms with Crippen molar-refractivity contribution in [1.29, 1.82) is 0 Å². The molecule has 1 amide bonds. The molecule has 25 heavy (non-hydrogen) atoms. The number of likely N-dealkylation sites (tertiary alicyclic amines) is 1. The molecule has 1 aliphatic rings. The number of likely N-dealkylation sites (N-methyl/N-ethyl adjacent to an activating group) is 1. The van der Waals surface area contributed by atoms with E-state index >= 15 is 0 Å². The number of hydrogen-bond acceptors (Lipinski definition) is 5. The van der Waals surface area contributed by atoms with Crippen molar-refractivity contribution in [3.8, 4) is 0 Å². The lowest BCUT2D eigenvalue weighted by atomic mass is 10.0. The van der Waals surface area contributed by atoms with Crippen LogP contribution < -0.4 is 5.56 Å². The number of benzene rings is 1. The van der Waals surface area contributed by atoms with E-state index in [1.165, 1.54) is 4.68 Å². The number of amides is 1. The molecule has 0 N–H and O–H groups in total. The molecular formula is C18H25N5O2. The van der Waals surface area contributed by atoms with E-state index in [9.17, 15) is 9.59 Å². The second kappa shape index (κ2) is 7.31. The molecule has 1 fully saturated rings. The van der Waals surface area contributed by atoms with Crippen LogP contribution in [0.1, 0.15) is 19.8 Å². The van der Waals surface area contributed by atoms with Crippen molar-refractivity contribution in [2.75, 3.05) is 27.2 Å². The summed E-state index contributed by atoms with van der Waals surface area (Å²) in [6.07, 6.45) is 1.33. The van der Waals surface area contributed by atoms with Crippen LogP contribution in [-0.4, -0.2) is 63.9 Å². The van der Waals surface area contributed by atoms with Gasteiger partial charge in [-0.1, -0.05) is 30.7 Å². The van der Waals surface area contributed by atoms with Crippen LogP contribution in [-0.2, 0) is 11.3 Å². The molecule has 1 aromatic carbocycles. The number of aryl methyl sites for hydroxylation is 1. The molecule has 0 unspecified atom stereocenters. The summed E-state index contributed by atoms with van der Waals surface area (Å²) in [5, 5.41) is 8.55. The summed E-state index contributed by atoms with van der Waals surface area (Å²) in [6.45, 7) is 3.97. The number of nitrogens with zero attached hydrogens (tertiary/aromatic N) is 5. The summed E-state index contributed by atoms with van der Waals surface area (Å²) in [5.74, 6) is 0.576. The minimum absolute atomic E-state index is 0.0738. The Kier molecular flexibility index (Phi) is 5.13. The highest BCUT2D eigenvalue weighted by molar-refractivity contribution is 5.77. The minimum Gasteiger partial charge on any atom is -0.341 e. The standard InChI is InChI=1S/C18H25N5O2/c1-4-13-11-22(12-16(13)21(2)3)17(24)9-10-23-18(25)14-7-5-6-8-15(14)19-20-23/h5-8,13,16H,4,9-12H2,1-3H3/t13-,16-/m1/s1. The Balaban J connectivity index is 1.67. The molecule has 134 valence electrons. The Bertz CT molecular complexity index is 816. The van der Waals surface area contributed by atoms with Crippen molar-refractivity contribution in [2.24, 2.45) is 5.92 Å². The van der Waals surface area contributed by atoms with Crippen LogP contribution >= 0.6 is 0 Å². The number of hydrogen-bond donors (Lipinski definition) is 0. The van der Waals surface area contributed by atoms with Crippen LogP contribution in [0.25, 0.3) is 10.9 Å². The van der Waals surface area contributed by atoms with Crippen molar-refractivity contribution in [3.63, 3.8) is 0 Å². The summed E-state index contributed by atoms with van der Waals surface area (Å²) < 4.78 is 1.29. The summed E-state index contributed by atoms with van der Waals surface area (Å²) in [5.41, 5.74) is 0.381. The predicted molar refractivity (Wildman–Crippen MR) is 96.3 cm³/mol. The maximum absolute atomic E-state index is 12.6. The molecule has 2 atom stereocenters. The average molecular weight is 343 g/mol. The van der Waals surface area contributed by atoms with Gasteiger partial charge in [-0.3, -0.25) is 9.59 Å². The number of carbonyl (C=O) groups excluding carboxylic acids is 1. The average Bonchev–Trinajstić information content (AvgIpc) is 3.06. The van der Waals surface area contributed by atoms with Gasteiger partial charge in [-0.2, -0.15) is 0 Å². The first-order valence-electron chi connectivity index (χ1n) is 8.78. The van der Waals surface area contributed by atoms with Crippen LogP contribution in [0.4, 0.5) is 0 Å². The largest absolute Gasteiger partial charge is 0.341 e. The first kappa shape index (κ1) is 17.5. The van der Waals surface area contributed by atoms with Gasteiger partial charge in [0.1, 0.15) is 5.52 Å². The molecule has 1 aliphatic heterocycles. The number of carbonyl (C=O) groups is 1. The lowest BCUT2D eigenvalue weighted by molar-refractivity contribution is -0.130. The quantitative estimate of drug-likeness (QED) is 0.809. The van der Waals surface area contributed by atoms with Gasteiger partial charge in [0.2, 0.25) is 5.91 Å². The van der Waals surface area contributed by atoms with E-state index in [2.05, 4.69) is 36.2 Å². The first-order chi connectivity index (χ1) is 12.0. The summed E-state index contributed by atoms with van der Waals surface area (Å²) in [4.78, 5) is 29.1. The van der Waals surface area contributed by atoms with Crippen molar-refractivity contribution in [3.05, 3.63) is 34.6 Å². The molecule has 2 heterocycles. The van der Waals surface area contributed by atoms with Crippen LogP contribution in [0.3, 0.4) is 0 Å². The fourth-order valence-electron chi connectivity index (χ4n) is 3.57. The smallest absolute Gasteiger partial charge is 0.277 e. The van der Waals surface area contributed by atoms with Crippen LogP contribution in [0.2, 0.25) is 0 Å². The van der Waals surface area contributed by atoms with Gasteiger partial charge < -0.3 is 9.80 Å². The second-order valence-electron chi connectivity index (χ2n) is 6.88. The number of aromatic nitrogens is 3. The van der Waals surface area contributed by atoms with Gasteiger partial charge in [-0.25, -0.2) is 4.68 Å². The Labute approximate surface area is 147 Å². The molecular weight excluding hydrogens is 318 g/mol. The van der Waals surface area contributed by atoms with E-state index < -0.39 is 0 Å². The third kappa shape index (κ3) is 3.56. The molecule has 1 saturated heterocycles. The lowest BCUT2D eigenvalue weighted by Gasteiger charge is -2.23. The zero-order valence-electron chi connectivity index (χ0n) is 15.1. The number of rotatable bonds is 5. The molecule has 0 radical (unpaired) electrons. The van der Waals surface area contributed by atoms with E-state index in [0.717, 1.165) is 19.5 Å². The molecule has 2 aromatic rings. The SMILES string of the molecule is CC[C@@H]1CN(C(=O)CCn2nnc3ccccc3c2=O)C[C@H]1N(C)C. The molecule has 0 saturated carbocycles. The van der Waals surface area contributed by atoms with Crippen molar-refractivity contribution in [2.45, 2.75) is 32.4 Å². The molecule has 1 aromatic heterocycles. The third-order valence-electron chi connectivity index (χ3n) is 5.11. The number of fused-ring (bicyclic) bond motifs is 1. The maximum Gasteiger partial charge on any atom is 0.277 e. The van der Waals surface area contributed by atoms with Gasteiger partial charge in [0.25, 0.3) is 5.56 Å². The fourth-order valence-corrected chi connectivity index (χ4v) is 3.57. The van der Waals surface area contributed by atoms with Gasteiger partial charge in [0.05, 0.1) is 11.9 Å². The maximum atomic E-state index is 12.6. The second-order valence-corrected chi connectivity index (χ2v) is 6.88. The molecule has 0 aliphatic carbocycles. The predicted octanol–water partition coefficient (Wildman–Crippen LogP) is 0.980. The molecule has 7 heteroatoms. The van der Waals surface area contributed by atoms with Crippen LogP contribution in [0, 0.1) is 5.92 Å². The molecule has 3 rings (SSSR count).